The molecule has 1 aromatic rings. The molecule has 1 heterocycles. The first kappa shape index (κ1) is 16.3. The summed E-state index contributed by atoms with van der Waals surface area (Å²) in [4.78, 5) is 11.7. The predicted molar refractivity (Wildman–Crippen MR) is 79.2 cm³/mol. The summed E-state index contributed by atoms with van der Waals surface area (Å²) in [6, 6.07) is 1.93. The lowest BCUT2D eigenvalue weighted by Gasteiger charge is -2.11. The van der Waals surface area contributed by atoms with Crippen molar-refractivity contribution in [2.45, 2.75) is 40.7 Å². The quantitative estimate of drug-likeness (QED) is 0.415. The van der Waals surface area contributed by atoms with Crippen molar-refractivity contribution in [1.82, 2.24) is 4.57 Å². The van der Waals surface area contributed by atoms with Crippen LogP contribution in [0.1, 0.15) is 42.0 Å². The van der Waals surface area contributed by atoms with Gasteiger partial charge in [0.25, 0.3) is 0 Å². The van der Waals surface area contributed by atoms with Crippen LogP contribution in [0.4, 0.5) is 0 Å². The fourth-order valence-electron chi connectivity index (χ4n) is 2.14. The maximum Gasteiger partial charge on any atom is 0.179 e. The van der Waals surface area contributed by atoms with Gasteiger partial charge in [0.1, 0.15) is 0 Å². The minimum absolute atomic E-state index is 0.00271. The number of halogens is 1. The monoisotopic (exact) mass is 285 g/mol. The number of hydrogen-bond acceptors (Lipinski definition) is 2. The average Bonchev–Trinajstić information content (AvgIpc) is 2.64. The molecule has 3 nitrogen and oxygen atoms in total. The van der Waals surface area contributed by atoms with Crippen molar-refractivity contribution < 1.29 is 9.53 Å². The van der Waals surface area contributed by atoms with E-state index in [-0.39, 0.29) is 11.7 Å². The Morgan fingerprint density at radius 2 is 2.11 bits per heavy atom. The van der Waals surface area contributed by atoms with Gasteiger partial charge in [-0.3, -0.25) is 4.79 Å². The molecular formula is C15H24ClNO2. The minimum Gasteiger partial charge on any atom is -0.381 e. The highest BCUT2D eigenvalue weighted by molar-refractivity contribution is 6.30. The van der Waals surface area contributed by atoms with Crippen molar-refractivity contribution in [3.8, 4) is 0 Å². The number of aromatic nitrogens is 1. The number of carbonyl (C=O) groups is 1. The zero-order chi connectivity index (χ0) is 14.4. The van der Waals surface area contributed by atoms with Gasteiger partial charge in [-0.05, 0) is 32.3 Å². The van der Waals surface area contributed by atoms with Crippen LogP contribution in [0.15, 0.2) is 6.07 Å². The summed E-state index contributed by atoms with van der Waals surface area (Å²) in [5.74, 6) is 0.613. The van der Waals surface area contributed by atoms with E-state index in [1.165, 1.54) is 0 Å². The second kappa shape index (κ2) is 7.71. The van der Waals surface area contributed by atoms with Crippen LogP contribution in [0, 0.1) is 19.8 Å². The molecule has 0 spiro atoms. The van der Waals surface area contributed by atoms with Gasteiger partial charge in [-0.15, -0.1) is 11.6 Å². The molecule has 4 heteroatoms. The molecule has 1 aromatic heterocycles. The van der Waals surface area contributed by atoms with E-state index in [2.05, 4.69) is 18.4 Å². The number of Topliss-reactive ketones (excluding diaryl/α,β-unsaturated/α-hetero) is 1. The Balaban J connectivity index is 2.54. The summed E-state index contributed by atoms with van der Waals surface area (Å²) >= 11 is 5.62. The lowest BCUT2D eigenvalue weighted by atomic mass is 10.2. The summed E-state index contributed by atoms with van der Waals surface area (Å²) in [5, 5.41) is 0. The maximum atomic E-state index is 11.7. The lowest BCUT2D eigenvalue weighted by molar-refractivity contribution is 0.102. The smallest absolute Gasteiger partial charge is 0.179 e. The van der Waals surface area contributed by atoms with Gasteiger partial charge in [-0.1, -0.05) is 13.8 Å². The van der Waals surface area contributed by atoms with Gasteiger partial charge in [-0.2, -0.15) is 0 Å². The van der Waals surface area contributed by atoms with Crippen LogP contribution in [0.3, 0.4) is 0 Å². The van der Waals surface area contributed by atoms with Gasteiger partial charge < -0.3 is 9.30 Å². The van der Waals surface area contributed by atoms with Gasteiger partial charge in [0, 0.05) is 36.7 Å². The van der Waals surface area contributed by atoms with Crippen LogP contribution < -0.4 is 0 Å². The molecule has 0 saturated heterocycles. The number of aryl methyl sites for hydroxylation is 1. The Bertz CT molecular complexity index is 424. The molecule has 0 radical (unpaired) electrons. The van der Waals surface area contributed by atoms with Crippen molar-refractivity contribution >= 4 is 17.4 Å². The van der Waals surface area contributed by atoms with E-state index < -0.39 is 0 Å². The van der Waals surface area contributed by atoms with Gasteiger partial charge in [-0.25, -0.2) is 0 Å². The Hall–Kier alpha value is -0.800. The van der Waals surface area contributed by atoms with E-state index >= 15 is 0 Å². The molecule has 0 N–H and O–H groups in total. The molecule has 0 aromatic carbocycles. The largest absolute Gasteiger partial charge is 0.381 e. The number of carbonyl (C=O) groups excluding carboxylic acids is 1. The summed E-state index contributed by atoms with van der Waals surface area (Å²) in [7, 11) is 0. The normalized spacial score (nSPS) is 11.3. The third-order valence-electron chi connectivity index (χ3n) is 3.12. The highest BCUT2D eigenvalue weighted by Gasteiger charge is 2.14. The molecule has 19 heavy (non-hydrogen) atoms. The van der Waals surface area contributed by atoms with Crippen LogP contribution in [-0.4, -0.2) is 29.4 Å². The molecule has 0 aliphatic rings. The zero-order valence-electron chi connectivity index (χ0n) is 12.3. The van der Waals surface area contributed by atoms with Crippen LogP contribution in [0.2, 0.25) is 0 Å². The topological polar surface area (TPSA) is 31.2 Å². The lowest BCUT2D eigenvalue weighted by Crippen LogP contribution is -2.09. The van der Waals surface area contributed by atoms with Gasteiger partial charge in [0.2, 0.25) is 0 Å². The van der Waals surface area contributed by atoms with Gasteiger partial charge in [0.15, 0.2) is 5.78 Å². The molecule has 0 saturated carbocycles. The highest BCUT2D eigenvalue weighted by atomic mass is 35.5. The fourth-order valence-corrected chi connectivity index (χ4v) is 2.29. The van der Waals surface area contributed by atoms with Crippen LogP contribution >= 0.6 is 11.6 Å². The van der Waals surface area contributed by atoms with E-state index in [1.54, 1.807) is 0 Å². The molecule has 108 valence electrons. The molecule has 0 unspecified atom stereocenters. The highest BCUT2D eigenvalue weighted by Crippen LogP contribution is 2.16. The third-order valence-corrected chi connectivity index (χ3v) is 3.36. The van der Waals surface area contributed by atoms with Crippen LogP contribution in [0.25, 0.3) is 0 Å². The first-order valence-electron chi connectivity index (χ1n) is 6.81. The summed E-state index contributed by atoms with van der Waals surface area (Å²) in [5.41, 5.74) is 2.86. The van der Waals surface area contributed by atoms with E-state index in [1.807, 2.05) is 19.9 Å². The van der Waals surface area contributed by atoms with E-state index in [4.69, 9.17) is 16.3 Å². The number of hydrogen-bond donors (Lipinski definition) is 0. The zero-order valence-corrected chi connectivity index (χ0v) is 13.1. The number of nitrogens with zero attached hydrogens (tertiary/aromatic N) is 1. The van der Waals surface area contributed by atoms with E-state index in [0.717, 1.165) is 43.1 Å². The summed E-state index contributed by atoms with van der Waals surface area (Å²) in [6.45, 7) is 10.7. The number of alkyl halides is 1. The van der Waals surface area contributed by atoms with Crippen molar-refractivity contribution in [2.75, 3.05) is 19.1 Å². The third kappa shape index (κ3) is 4.66. The van der Waals surface area contributed by atoms with Crippen LogP contribution in [-0.2, 0) is 11.3 Å². The first-order valence-corrected chi connectivity index (χ1v) is 7.34. The van der Waals surface area contributed by atoms with Crippen LogP contribution in [0.5, 0.6) is 0 Å². The Morgan fingerprint density at radius 3 is 2.68 bits per heavy atom. The molecule has 0 atom stereocenters. The van der Waals surface area contributed by atoms with Crippen molar-refractivity contribution in [3.63, 3.8) is 0 Å². The standard InChI is InChI=1S/C15H24ClNO2/c1-11(2)10-19-7-5-6-17-12(3)8-14(13(17)4)15(18)9-16/h8,11H,5-7,9-10H2,1-4H3. The molecule has 0 aliphatic carbocycles. The number of ketones is 1. The van der Waals surface area contributed by atoms with Crippen molar-refractivity contribution in [1.29, 1.82) is 0 Å². The number of ether oxygens (including phenoxy) is 1. The molecule has 0 bridgehead atoms. The molecule has 0 aliphatic heterocycles. The van der Waals surface area contributed by atoms with Gasteiger partial charge >= 0.3 is 0 Å². The second-order valence-corrected chi connectivity index (χ2v) is 5.58. The Labute approximate surface area is 120 Å². The average molecular weight is 286 g/mol. The summed E-state index contributed by atoms with van der Waals surface area (Å²) < 4.78 is 7.74. The summed E-state index contributed by atoms with van der Waals surface area (Å²) in [6.07, 6.45) is 0.956. The molecule has 0 amide bonds. The SMILES string of the molecule is Cc1cc(C(=O)CCl)c(C)n1CCCOCC(C)C. The molecule has 1 rings (SSSR count). The Morgan fingerprint density at radius 1 is 1.42 bits per heavy atom. The maximum absolute atomic E-state index is 11.7. The molecule has 0 fully saturated rings. The minimum atomic E-state index is -0.00271. The first-order chi connectivity index (χ1) is 8.97. The fraction of sp³-hybridized carbons (Fsp3) is 0.667. The van der Waals surface area contributed by atoms with Crippen molar-refractivity contribution in [2.24, 2.45) is 5.92 Å². The van der Waals surface area contributed by atoms with E-state index in [0.29, 0.717) is 5.92 Å². The van der Waals surface area contributed by atoms with Gasteiger partial charge in [0.05, 0.1) is 5.88 Å². The second-order valence-electron chi connectivity index (χ2n) is 5.32. The van der Waals surface area contributed by atoms with E-state index in [9.17, 15) is 4.79 Å². The molecular weight excluding hydrogens is 262 g/mol. The van der Waals surface area contributed by atoms with Crippen molar-refractivity contribution in [3.05, 3.63) is 23.0 Å². The Kier molecular flexibility index (Phi) is 6.59. The number of rotatable bonds is 8. The predicted octanol–water partition coefficient (Wildman–Crippen LogP) is 3.59.